The summed E-state index contributed by atoms with van der Waals surface area (Å²) < 4.78 is 14.3. The van der Waals surface area contributed by atoms with Crippen LogP contribution in [0.4, 0.5) is 4.39 Å². The molecule has 1 fully saturated rings. The molecule has 0 aromatic heterocycles. The molecule has 1 aromatic rings. The molecule has 20 heavy (non-hydrogen) atoms. The molecule has 1 aliphatic rings. The Morgan fingerprint density at radius 3 is 2.75 bits per heavy atom. The maximum atomic E-state index is 13.3. The zero-order valence-electron chi connectivity index (χ0n) is 11.9. The number of halogens is 2. The highest BCUT2D eigenvalue weighted by atomic mass is 79.9. The van der Waals surface area contributed by atoms with Gasteiger partial charge in [0.2, 0.25) is 0 Å². The lowest BCUT2D eigenvalue weighted by molar-refractivity contribution is 0.313. The highest BCUT2D eigenvalue weighted by Gasteiger charge is 2.17. The number of rotatable bonds is 6. The molecule has 0 heterocycles. The molecule has 1 aliphatic carbocycles. The summed E-state index contributed by atoms with van der Waals surface area (Å²) in [4.78, 5) is 0. The third-order valence-corrected chi connectivity index (χ3v) is 5.13. The Bertz CT molecular complexity index is 419. The van der Waals surface area contributed by atoms with Gasteiger partial charge in [0.25, 0.3) is 0 Å². The van der Waals surface area contributed by atoms with Gasteiger partial charge in [-0.15, -0.1) is 0 Å². The van der Waals surface area contributed by atoms with Crippen LogP contribution in [0.15, 0.2) is 22.7 Å². The molecular weight excluding hydrogens is 319 g/mol. The van der Waals surface area contributed by atoms with Gasteiger partial charge < -0.3 is 0 Å². The van der Waals surface area contributed by atoms with Crippen molar-refractivity contribution in [1.29, 1.82) is 0 Å². The quantitative estimate of drug-likeness (QED) is 0.596. The molecule has 0 bridgehead atoms. The van der Waals surface area contributed by atoms with Gasteiger partial charge in [0, 0.05) is 10.5 Å². The first-order chi connectivity index (χ1) is 9.69. The third-order valence-electron chi connectivity index (χ3n) is 4.36. The molecule has 3 N–H and O–H groups in total. The molecule has 0 saturated heterocycles. The van der Waals surface area contributed by atoms with Gasteiger partial charge in [0.1, 0.15) is 5.82 Å². The molecule has 112 valence electrons. The van der Waals surface area contributed by atoms with E-state index in [1.807, 2.05) is 0 Å². The summed E-state index contributed by atoms with van der Waals surface area (Å²) in [6, 6.07) is 5.05. The SMILES string of the molecule is NNC(CCC1CCCCC1)Cc1cc(F)ccc1Br. The Balaban J connectivity index is 1.86. The second-order valence-corrected chi connectivity index (χ2v) is 6.74. The normalized spacial score (nSPS) is 18.1. The molecule has 0 spiro atoms. The van der Waals surface area contributed by atoms with Crippen molar-refractivity contribution >= 4 is 15.9 Å². The molecule has 4 heteroatoms. The van der Waals surface area contributed by atoms with Crippen molar-refractivity contribution in [3.63, 3.8) is 0 Å². The number of hydrogen-bond acceptors (Lipinski definition) is 2. The predicted molar refractivity (Wildman–Crippen MR) is 84.7 cm³/mol. The first-order valence-electron chi connectivity index (χ1n) is 7.59. The molecule has 0 radical (unpaired) electrons. The summed E-state index contributed by atoms with van der Waals surface area (Å²) >= 11 is 3.48. The topological polar surface area (TPSA) is 38.0 Å². The molecule has 0 amide bonds. The van der Waals surface area contributed by atoms with Gasteiger partial charge in [0.15, 0.2) is 0 Å². The summed E-state index contributed by atoms with van der Waals surface area (Å²) in [5, 5.41) is 0. The Hall–Kier alpha value is -0.450. The summed E-state index contributed by atoms with van der Waals surface area (Å²) in [6.07, 6.45) is 9.92. The minimum Gasteiger partial charge on any atom is -0.271 e. The summed E-state index contributed by atoms with van der Waals surface area (Å²) in [7, 11) is 0. The molecule has 2 nitrogen and oxygen atoms in total. The third kappa shape index (κ3) is 4.83. The van der Waals surface area contributed by atoms with E-state index in [1.165, 1.54) is 44.6 Å². The van der Waals surface area contributed by atoms with Crippen LogP contribution in [0, 0.1) is 11.7 Å². The second kappa shape index (κ2) is 8.11. The highest BCUT2D eigenvalue weighted by molar-refractivity contribution is 9.10. The standard InChI is InChI=1S/C16H24BrFN2/c17-16-9-7-14(18)10-13(16)11-15(20-19)8-6-12-4-2-1-3-5-12/h7,9-10,12,15,20H,1-6,8,11,19H2. The lowest BCUT2D eigenvalue weighted by atomic mass is 9.84. The molecule has 0 aliphatic heterocycles. The fourth-order valence-electron chi connectivity index (χ4n) is 3.12. The van der Waals surface area contributed by atoms with Gasteiger partial charge >= 0.3 is 0 Å². The lowest BCUT2D eigenvalue weighted by Crippen LogP contribution is -2.37. The number of hydrazine groups is 1. The predicted octanol–water partition coefficient (Wildman–Crippen LogP) is 4.32. The minimum absolute atomic E-state index is 0.189. The van der Waals surface area contributed by atoms with E-state index in [9.17, 15) is 4.39 Å². The lowest BCUT2D eigenvalue weighted by Gasteiger charge is -2.24. The number of hydrogen-bond donors (Lipinski definition) is 2. The second-order valence-electron chi connectivity index (χ2n) is 5.88. The van der Waals surface area contributed by atoms with Crippen LogP contribution in [-0.4, -0.2) is 6.04 Å². The zero-order chi connectivity index (χ0) is 14.4. The molecule has 1 saturated carbocycles. The monoisotopic (exact) mass is 342 g/mol. The maximum absolute atomic E-state index is 13.3. The Morgan fingerprint density at radius 2 is 2.05 bits per heavy atom. The van der Waals surface area contributed by atoms with E-state index in [4.69, 9.17) is 5.84 Å². The van der Waals surface area contributed by atoms with Crippen LogP contribution in [0.5, 0.6) is 0 Å². The fourth-order valence-corrected chi connectivity index (χ4v) is 3.53. The van der Waals surface area contributed by atoms with Crippen LogP contribution in [-0.2, 0) is 6.42 Å². The Morgan fingerprint density at radius 1 is 1.30 bits per heavy atom. The van der Waals surface area contributed by atoms with Crippen molar-refractivity contribution < 1.29 is 4.39 Å². The van der Waals surface area contributed by atoms with Crippen LogP contribution in [0.25, 0.3) is 0 Å². The van der Waals surface area contributed by atoms with E-state index in [2.05, 4.69) is 21.4 Å². The van der Waals surface area contributed by atoms with Crippen LogP contribution >= 0.6 is 15.9 Å². The Labute approximate surface area is 129 Å². The van der Waals surface area contributed by atoms with E-state index in [0.717, 1.165) is 28.8 Å². The van der Waals surface area contributed by atoms with Gasteiger partial charge in [0.05, 0.1) is 0 Å². The van der Waals surface area contributed by atoms with Crippen LogP contribution in [0.3, 0.4) is 0 Å². The van der Waals surface area contributed by atoms with E-state index in [0.29, 0.717) is 0 Å². The van der Waals surface area contributed by atoms with Crippen molar-refractivity contribution in [1.82, 2.24) is 5.43 Å². The molecule has 2 rings (SSSR count). The zero-order valence-corrected chi connectivity index (χ0v) is 13.5. The summed E-state index contributed by atoms with van der Waals surface area (Å²) in [5.41, 5.74) is 3.88. The van der Waals surface area contributed by atoms with E-state index in [-0.39, 0.29) is 11.9 Å². The number of benzene rings is 1. The van der Waals surface area contributed by atoms with Crippen LogP contribution < -0.4 is 11.3 Å². The largest absolute Gasteiger partial charge is 0.271 e. The fraction of sp³-hybridized carbons (Fsp3) is 0.625. The molecule has 1 aromatic carbocycles. The van der Waals surface area contributed by atoms with Crippen molar-refractivity contribution in [3.05, 3.63) is 34.1 Å². The average molecular weight is 343 g/mol. The highest BCUT2D eigenvalue weighted by Crippen LogP contribution is 2.28. The van der Waals surface area contributed by atoms with Crippen molar-refractivity contribution in [2.75, 3.05) is 0 Å². The molecule has 1 unspecified atom stereocenters. The minimum atomic E-state index is -0.189. The van der Waals surface area contributed by atoms with Gasteiger partial charge in [-0.3, -0.25) is 11.3 Å². The van der Waals surface area contributed by atoms with E-state index in [1.54, 1.807) is 12.1 Å². The van der Waals surface area contributed by atoms with E-state index >= 15 is 0 Å². The van der Waals surface area contributed by atoms with Crippen molar-refractivity contribution in [3.8, 4) is 0 Å². The summed E-state index contributed by atoms with van der Waals surface area (Å²) in [5.74, 6) is 6.33. The molecular formula is C16H24BrFN2. The van der Waals surface area contributed by atoms with Crippen LogP contribution in [0.1, 0.15) is 50.5 Å². The van der Waals surface area contributed by atoms with Gasteiger partial charge in [-0.25, -0.2) is 4.39 Å². The molecule has 1 atom stereocenters. The number of nitrogens with one attached hydrogen (secondary N) is 1. The first-order valence-corrected chi connectivity index (χ1v) is 8.38. The Kier molecular flexibility index (Phi) is 6.46. The van der Waals surface area contributed by atoms with Gasteiger partial charge in [-0.1, -0.05) is 48.0 Å². The van der Waals surface area contributed by atoms with Crippen molar-refractivity contribution in [2.45, 2.75) is 57.4 Å². The maximum Gasteiger partial charge on any atom is 0.123 e. The van der Waals surface area contributed by atoms with E-state index < -0.39 is 0 Å². The van der Waals surface area contributed by atoms with Gasteiger partial charge in [-0.2, -0.15) is 0 Å². The first kappa shape index (κ1) is 15.9. The van der Waals surface area contributed by atoms with Gasteiger partial charge in [-0.05, 0) is 48.9 Å². The van der Waals surface area contributed by atoms with Crippen LogP contribution in [0.2, 0.25) is 0 Å². The van der Waals surface area contributed by atoms with Crippen molar-refractivity contribution in [2.24, 2.45) is 11.8 Å². The smallest absolute Gasteiger partial charge is 0.123 e. The average Bonchev–Trinajstić information content (AvgIpc) is 2.48. The summed E-state index contributed by atoms with van der Waals surface area (Å²) in [6.45, 7) is 0. The number of nitrogens with two attached hydrogens (primary N) is 1.